The number of anilines is 1. The Kier molecular flexibility index (Phi) is 6.14. The van der Waals surface area contributed by atoms with Gasteiger partial charge < -0.3 is 15.2 Å². The van der Waals surface area contributed by atoms with Crippen molar-refractivity contribution < 1.29 is 9.47 Å². The van der Waals surface area contributed by atoms with Gasteiger partial charge in [0.25, 0.3) is 0 Å². The van der Waals surface area contributed by atoms with Gasteiger partial charge in [0.05, 0.1) is 19.8 Å². The molecule has 0 aromatic carbocycles. The fraction of sp³-hybridized carbons (Fsp3) is 0.600. The van der Waals surface area contributed by atoms with E-state index in [0.29, 0.717) is 30.8 Å². The van der Waals surface area contributed by atoms with Gasteiger partial charge in [0.2, 0.25) is 0 Å². The maximum atomic E-state index is 5.62. The van der Waals surface area contributed by atoms with Crippen LogP contribution in [0.2, 0.25) is 0 Å². The summed E-state index contributed by atoms with van der Waals surface area (Å²) >= 11 is 1.54. The molecule has 0 aliphatic carbocycles. The normalized spacial score (nSPS) is 10.6. The first-order chi connectivity index (χ1) is 7.72. The van der Waals surface area contributed by atoms with E-state index in [2.05, 4.69) is 9.97 Å². The lowest BCUT2D eigenvalue weighted by Gasteiger charge is -2.04. The Labute approximate surface area is 99.8 Å². The van der Waals surface area contributed by atoms with Crippen LogP contribution in [0.1, 0.15) is 5.69 Å². The largest absolute Gasteiger partial charge is 0.384 e. The summed E-state index contributed by atoms with van der Waals surface area (Å²) in [5, 5.41) is 0.702. The first kappa shape index (κ1) is 13.2. The second kappa shape index (κ2) is 7.43. The van der Waals surface area contributed by atoms with Gasteiger partial charge in [-0.2, -0.15) is 0 Å². The molecule has 1 rings (SSSR count). The number of thioether (sulfide) groups is 1. The predicted octanol–water partition coefficient (Wildman–Crippen LogP) is 1.12. The van der Waals surface area contributed by atoms with Gasteiger partial charge in [-0.05, 0) is 6.92 Å². The zero-order valence-electron chi connectivity index (χ0n) is 9.60. The van der Waals surface area contributed by atoms with Crippen LogP contribution in [0.4, 0.5) is 5.82 Å². The number of methoxy groups -OCH3 is 1. The van der Waals surface area contributed by atoms with Crippen molar-refractivity contribution in [3.05, 3.63) is 11.8 Å². The molecule has 0 saturated carbocycles. The van der Waals surface area contributed by atoms with Crippen molar-refractivity contribution in [2.75, 3.05) is 38.4 Å². The molecule has 1 aromatic rings. The number of aromatic nitrogens is 2. The Balaban J connectivity index is 2.21. The van der Waals surface area contributed by atoms with Gasteiger partial charge in [0, 0.05) is 24.6 Å². The molecule has 0 saturated heterocycles. The quantitative estimate of drug-likeness (QED) is 0.439. The zero-order valence-corrected chi connectivity index (χ0v) is 10.4. The first-order valence-electron chi connectivity index (χ1n) is 5.03. The minimum atomic E-state index is 0.510. The van der Waals surface area contributed by atoms with E-state index in [1.54, 1.807) is 13.2 Å². The van der Waals surface area contributed by atoms with Crippen LogP contribution in [0.15, 0.2) is 11.2 Å². The van der Waals surface area contributed by atoms with E-state index in [1.165, 1.54) is 11.8 Å². The molecule has 0 aliphatic rings. The SMILES string of the molecule is COCCOCCSc1nc(C)cc(N)n1. The van der Waals surface area contributed by atoms with Crippen molar-refractivity contribution in [2.24, 2.45) is 0 Å². The molecule has 0 spiro atoms. The Morgan fingerprint density at radius 3 is 2.81 bits per heavy atom. The molecule has 0 aliphatic heterocycles. The van der Waals surface area contributed by atoms with Crippen molar-refractivity contribution in [1.29, 1.82) is 0 Å². The van der Waals surface area contributed by atoms with Gasteiger partial charge in [-0.3, -0.25) is 0 Å². The second-order valence-electron chi connectivity index (χ2n) is 3.17. The van der Waals surface area contributed by atoms with Crippen LogP contribution < -0.4 is 5.73 Å². The summed E-state index contributed by atoms with van der Waals surface area (Å²) in [6, 6.07) is 1.75. The Morgan fingerprint density at radius 1 is 1.31 bits per heavy atom. The smallest absolute Gasteiger partial charge is 0.189 e. The number of nitrogen functional groups attached to an aromatic ring is 1. The van der Waals surface area contributed by atoms with Crippen LogP contribution in [0.25, 0.3) is 0 Å². The third-order valence-electron chi connectivity index (χ3n) is 1.74. The van der Waals surface area contributed by atoms with E-state index in [9.17, 15) is 0 Å². The lowest BCUT2D eigenvalue weighted by molar-refractivity contribution is 0.0790. The summed E-state index contributed by atoms with van der Waals surface area (Å²) in [5.41, 5.74) is 6.50. The molecule has 0 radical (unpaired) electrons. The molecule has 1 aromatic heterocycles. The molecule has 2 N–H and O–H groups in total. The highest BCUT2D eigenvalue weighted by molar-refractivity contribution is 7.99. The van der Waals surface area contributed by atoms with Crippen LogP contribution in [-0.4, -0.2) is 42.7 Å². The van der Waals surface area contributed by atoms with Gasteiger partial charge in [-0.1, -0.05) is 11.8 Å². The molecular formula is C10H17N3O2S. The van der Waals surface area contributed by atoms with Gasteiger partial charge in [-0.25, -0.2) is 9.97 Å². The Hall–Kier alpha value is -0.850. The van der Waals surface area contributed by atoms with E-state index in [1.807, 2.05) is 6.92 Å². The molecule has 90 valence electrons. The van der Waals surface area contributed by atoms with Gasteiger partial charge >= 0.3 is 0 Å². The van der Waals surface area contributed by atoms with Crippen molar-refractivity contribution in [1.82, 2.24) is 9.97 Å². The topological polar surface area (TPSA) is 70.3 Å². The molecule has 0 amide bonds. The molecular weight excluding hydrogens is 226 g/mol. The first-order valence-corrected chi connectivity index (χ1v) is 6.01. The van der Waals surface area contributed by atoms with Gasteiger partial charge in [0.1, 0.15) is 5.82 Å². The van der Waals surface area contributed by atoms with Crippen molar-refractivity contribution in [3.63, 3.8) is 0 Å². The summed E-state index contributed by atoms with van der Waals surface area (Å²) in [4.78, 5) is 8.38. The molecule has 0 unspecified atom stereocenters. The zero-order chi connectivity index (χ0) is 11.8. The number of hydrogen-bond acceptors (Lipinski definition) is 6. The average molecular weight is 243 g/mol. The van der Waals surface area contributed by atoms with Crippen LogP contribution >= 0.6 is 11.8 Å². The van der Waals surface area contributed by atoms with Crippen molar-refractivity contribution >= 4 is 17.6 Å². The second-order valence-corrected chi connectivity index (χ2v) is 4.23. The number of nitrogens with zero attached hydrogens (tertiary/aromatic N) is 2. The third kappa shape index (κ3) is 5.29. The summed E-state index contributed by atoms with van der Waals surface area (Å²) in [5.74, 6) is 1.32. The maximum absolute atomic E-state index is 5.62. The van der Waals surface area contributed by atoms with Crippen LogP contribution in [0.5, 0.6) is 0 Å². The van der Waals surface area contributed by atoms with E-state index in [4.69, 9.17) is 15.2 Å². The lowest BCUT2D eigenvalue weighted by atomic mass is 10.4. The Morgan fingerprint density at radius 2 is 2.12 bits per heavy atom. The molecule has 0 fully saturated rings. The standard InChI is InChI=1S/C10H17N3O2S/c1-8-7-9(11)13-10(12-8)16-6-5-15-4-3-14-2/h7H,3-6H2,1-2H3,(H2,11,12,13). The highest BCUT2D eigenvalue weighted by Crippen LogP contribution is 2.14. The summed E-state index contributed by atoms with van der Waals surface area (Å²) < 4.78 is 10.2. The molecule has 1 heterocycles. The minimum Gasteiger partial charge on any atom is -0.384 e. The Bertz CT molecular complexity index is 303. The average Bonchev–Trinajstić information content (AvgIpc) is 2.22. The highest BCUT2D eigenvalue weighted by atomic mass is 32.2. The van der Waals surface area contributed by atoms with E-state index >= 15 is 0 Å². The fourth-order valence-corrected chi connectivity index (χ4v) is 1.83. The maximum Gasteiger partial charge on any atom is 0.189 e. The number of nitrogens with two attached hydrogens (primary N) is 1. The summed E-state index contributed by atoms with van der Waals surface area (Å²) in [6.45, 7) is 3.80. The van der Waals surface area contributed by atoms with E-state index in [0.717, 1.165) is 11.4 Å². The lowest BCUT2D eigenvalue weighted by Crippen LogP contribution is -2.05. The molecule has 6 heteroatoms. The molecule has 0 bridgehead atoms. The summed E-state index contributed by atoms with van der Waals surface area (Å²) in [7, 11) is 1.65. The van der Waals surface area contributed by atoms with Crippen LogP contribution in [-0.2, 0) is 9.47 Å². The van der Waals surface area contributed by atoms with Crippen LogP contribution in [0.3, 0.4) is 0 Å². The monoisotopic (exact) mass is 243 g/mol. The van der Waals surface area contributed by atoms with Crippen molar-refractivity contribution in [2.45, 2.75) is 12.1 Å². The van der Waals surface area contributed by atoms with Crippen molar-refractivity contribution in [3.8, 4) is 0 Å². The third-order valence-corrected chi connectivity index (χ3v) is 2.56. The van der Waals surface area contributed by atoms with Gasteiger partial charge in [-0.15, -0.1) is 0 Å². The summed E-state index contributed by atoms with van der Waals surface area (Å²) in [6.07, 6.45) is 0. The fourth-order valence-electron chi connectivity index (χ4n) is 1.07. The minimum absolute atomic E-state index is 0.510. The number of aryl methyl sites for hydroxylation is 1. The number of rotatable bonds is 7. The molecule has 16 heavy (non-hydrogen) atoms. The van der Waals surface area contributed by atoms with Gasteiger partial charge in [0.15, 0.2) is 5.16 Å². The molecule has 0 atom stereocenters. The predicted molar refractivity (Wildman–Crippen MR) is 64.6 cm³/mol. The number of hydrogen-bond donors (Lipinski definition) is 1. The molecule has 5 nitrogen and oxygen atoms in total. The highest BCUT2D eigenvalue weighted by Gasteiger charge is 2.00. The van der Waals surface area contributed by atoms with E-state index < -0.39 is 0 Å². The van der Waals surface area contributed by atoms with E-state index in [-0.39, 0.29) is 0 Å². The van der Waals surface area contributed by atoms with Crippen LogP contribution in [0, 0.1) is 6.92 Å². The number of ether oxygens (including phenoxy) is 2.